The lowest BCUT2D eigenvalue weighted by Gasteiger charge is -2.25. The number of unbranched alkanes of at least 4 members (excludes halogenated alkanes) is 2. The normalized spacial score (nSPS) is 16.7. The number of amides is 1. The highest BCUT2D eigenvalue weighted by atomic mass is 31.2. The third-order valence-electron chi connectivity index (χ3n) is 3.44. The van der Waals surface area contributed by atoms with Gasteiger partial charge in [0.2, 0.25) is 5.91 Å². The molecular formula is C16H34N2O6P+. The summed E-state index contributed by atoms with van der Waals surface area (Å²) in [4.78, 5) is 21.6. The van der Waals surface area contributed by atoms with Crippen LogP contribution in [0, 0.1) is 0 Å². The van der Waals surface area contributed by atoms with E-state index >= 15 is 0 Å². The van der Waals surface area contributed by atoms with Crippen LogP contribution >= 0.6 is 7.82 Å². The molecule has 0 spiro atoms. The number of quaternary nitrogens is 1. The molecular weight excluding hydrogens is 347 g/mol. The first-order valence-electron chi connectivity index (χ1n) is 8.53. The van der Waals surface area contributed by atoms with Gasteiger partial charge in [0, 0.05) is 6.42 Å². The Labute approximate surface area is 151 Å². The molecule has 1 unspecified atom stereocenters. The second-order valence-corrected chi connectivity index (χ2v) is 8.42. The van der Waals surface area contributed by atoms with Gasteiger partial charge >= 0.3 is 7.82 Å². The van der Waals surface area contributed by atoms with Crippen molar-refractivity contribution in [3.8, 4) is 0 Å². The van der Waals surface area contributed by atoms with E-state index in [9.17, 15) is 19.4 Å². The van der Waals surface area contributed by atoms with Crippen molar-refractivity contribution in [2.75, 3.05) is 40.9 Å². The van der Waals surface area contributed by atoms with E-state index in [1.165, 1.54) is 6.08 Å². The van der Waals surface area contributed by atoms with E-state index in [0.717, 1.165) is 19.3 Å². The number of hydrogen-bond donors (Lipinski definition) is 3. The summed E-state index contributed by atoms with van der Waals surface area (Å²) in [6, 6.07) is -0.867. The zero-order valence-corrected chi connectivity index (χ0v) is 16.7. The van der Waals surface area contributed by atoms with E-state index in [1.54, 1.807) is 0 Å². The second kappa shape index (κ2) is 11.8. The zero-order chi connectivity index (χ0) is 19.5. The van der Waals surface area contributed by atoms with E-state index in [1.807, 2.05) is 28.1 Å². The Bertz CT molecular complexity index is 452. The third kappa shape index (κ3) is 13.1. The van der Waals surface area contributed by atoms with Gasteiger partial charge in [-0.25, -0.2) is 4.57 Å². The monoisotopic (exact) mass is 381 g/mol. The molecule has 0 aliphatic heterocycles. The number of carbonyl (C=O) groups is 1. The van der Waals surface area contributed by atoms with Crippen molar-refractivity contribution >= 4 is 13.7 Å². The van der Waals surface area contributed by atoms with Crippen molar-refractivity contribution in [1.82, 2.24) is 5.32 Å². The molecule has 148 valence electrons. The van der Waals surface area contributed by atoms with Crippen LogP contribution in [-0.2, 0) is 18.4 Å². The number of aliphatic hydroxyl groups is 1. The average molecular weight is 381 g/mol. The first-order chi connectivity index (χ1) is 11.5. The second-order valence-electron chi connectivity index (χ2n) is 6.97. The smallest absolute Gasteiger partial charge is 0.387 e. The average Bonchev–Trinajstić information content (AvgIpc) is 2.49. The molecule has 25 heavy (non-hydrogen) atoms. The first kappa shape index (κ1) is 24.2. The molecule has 0 aliphatic carbocycles. The lowest BCUT2D eigenvalue weighted by Crippen LogP contribution is -2.45. The van der Waals surface area contributed by atoms with Gasteiger partial charge in [0.1, 0.15) is 13.2 Å². The topological polar surface area (TPSA) is 105 Å². The lowest BCUT2D eigenvalue weighted by atomic mass is 10.1. The van der Waals surface area contributed by atoms with Gasteiger partial charge in [-0.3, -0.25) is 13.8 Å². The number of rotatable bonds is 14. The van der Waals surface area contributed by atoms with Crippen molar-refractivity contribution in [2.24, 2.45) is 0 Å². The van der Waals surface area contributed by atoms with E-state index in [2.05, 4.69) is 11.9 Å². The van der Waals surface area contributed by atoms with Gasteiger partial charge in [0.15, 0.2) is 0 Å². The molecule has 0 rings (SSSR count). The van der Waals surface area contributed by atoms with Crippen LogP contribution in [0.4, 0.5) is 0 Å². The summed E-state index contributed by atoms with van der Waals surface area (Å²) in [6.07, 6.45) is 3.14. The van der Waals surface area contributed by atoms with Gasteiger partial charge < -0.3 is 19.8 Å². The Hall–Kier alpha value is -0.760. The highest BCUT2D eigenvalue weighted by Gasteiger charge is 2.27. The summed E-state index contributed by atoms with van der Waals surface area (Å²) in [5.74, 6) is -0.248. The molecule has 0 bridgehead atoms. The number of phosphoric acid groups is 1. The number of hydrogen-bond acceptors (Lipinski definition) is 5. The number of nitrogens with one attached hydrogen (secondary N) is 1. The van der Waals surface area contributed by atoms with Crippen molar-refractivity contribution in [2.45, 2.75) is 44.8 Å². The predicted octanol–water partition coefficient (Wildman–Crippen LogP) is 1.44. The Morgan fingerprint density at radius 2 is 1.96 bits per heavy atom. The molecule has 0 fully saturated rings. The maximum absolute atomic E-state index is 11.9. The molecule has 9 heteroatoms. The van der Waals surface area contributed by atoms with Crippen LogP contribution in [0.1, 0.15) is 32.6 Å². The minimum absolute atomic E-state index is 0.0509. The highest BCUT2D eigenvalue weighted by Crippen LogP contribution is 2.43. The van der Waals surface area contributed by atoms with Crippen LogP contribution < -0.4 is 5.32 Å². The number of aliphatic hydroxyl groups excluding tert-OH is 1. The van der Waals surface area contributed by atoms with Gasteiger partial charge in [-0.2, -0.15) is 0 Å². The number of nitrogens with zero attached hydrogens (tertiary/aromatic N) is 1. The van der Waals surface area contributed by atoms with Crippen molar-refractivity contribution in [1.29, 1.82) is 0 Å². The molecule has 3 N–H and O–H groups in total. The Morgan fingerprint density at radius 3 is 2.48 bits per heavy atom. The van der Waals surface area contributed by atoms with Crippen molar-refractivity contribution in [3.05, 3.63) is 12.7 Å². The van der Waals surface area contributed by atoms with Gasteiger partial charge in [0.05, 0.1) is 39.9 Å². The summed E-state index contributed by atoms with van der Waals surface area (Å²) >= 11 is 0. The molecule has 0 aliphatic rings. The van der Waals surface area contributed by atoms with E-state index in [0.29, 0.717) is 17.4 Å². The minimum Gasteiger partial charge on any atom is -0.387 e. The summed E-state index contributed by atoms with van der Waals surface area (Å²) in [6.45, 7) is 5.72. The predicted molar refractivity (Wildman–Crippen MR) is 96.9 cm³/mol. The molecule has 1 amide bonds. The fourth-order valence-corrected chi connectivity index (χ4v) is 2.58. The van der Waals surface area contributed by atoms with Gasteiger partial charge in [-0.05, 0) is 6.42 Å². The largest absolute Gasteiger partial charge is 0.472 e. The van der Waals surface area contributed by atoms with Crippen LogP contribution in [0.25, 0.3) is 0 Å². The molecule has 0 aromatic carbocycles. The summed E-state index contributed by atoms with van der Waals surface area (Å²) in [5.41, 5.74) is 0. The Kier molecular flexibility index (Phi) is 11.4. The van der Waals surface area contributed by atoms with Crippen LogP contribution in [0.5, 0.6) is 0 Å². The van der Waals surface area contributed by atoms with Gasteiger partial charge in [-0.15, -0.1) is 6.58 Å². The molecule has 8 nitrogen and oxygen atoms in total. The quantitative estimate of drug-likeness (QED) is 0.182. The molecule has 3 atom stereocenters. The molecule has 0 aromatic rings. The SMILES string of the molecule is C=C[C@@H](O)[C@H](COP(=O)(O)OCC[N+](C)(C)C)NC(=O)CCCCC. The number of likely N-dealkylation sites (N-methyl/N-ethyl adjacent to an activating group) is 1. The summed E-state index contributed by atoms with van der Waals surface area (Å²) in [7, 11) is 1.52. The number of carbonyl (C=O) groups excluding carboxylic acids is 1. The molecule has 0 saturated heterocycles. The summed E-state index contributed by atoms with van der Waals surface area (Å²) < 4.78 is 22.3. The number of phosphoric ester groups is 1. The van der Waals surface area contributed by atoms with E-state index < -0.39 is 20.0 Å². The lowest BCUT2D eigenvalue weighted by molar-refractivity contribution is -0.870. The minimum atomic E-state index is -4.26. The fourth-order valence-electron chi connectivity index (χ4n) is 1.85. The molecule has 0 saturated carbocycles. The van der Waals surface area contributed by atoms with Crippen LogP contribution in [0.3, 0.4) is 0 Å². The standard InChI is InChI=1S/C16H33N2O6P/c1-6-8-9-10-16(20)17-14(15(19)7-2)13-24-25(21,22)23-12-11-18(3,4)5/h7,14-15,19H,2,6,8-13H2,1,3-5H3,(H-,17,20,21,22)/p+1/t14-,15+/m0/s1. The van der Waals surface area contributed by atoms with Crippen LogP contribution in [0.2, 0.25) is 0 Å². The summed E-state index contributed by atoms with van der Waals surface area (Å²) in [5, 5.41) is 12.5. The third-order valence-corrected chi connectivity index (χ3v) is 4.43. The van der Waals surface area contributed by atoms with Crippen LogP contribution in [-0.4, -0.2) is 73.4 Å². The molecule has 0 radical (unpaired) electrons. The van der Waals surface area contributed by atoms with E-state index in [-0.39, 0.29) is 19.1 Å². The highest BCUT2D eigenvalue weighted by molar-refractivity contribution is 7.47. The zero-order valence-electron chi connectivity index (χ0n) is 15.8. The van der Waals surface area contributed by atoms with Gasteiger partial charge in [-0.1, -0.05) is 25.8 Å². The van der Waals surface area contributed by atoms with Crippen molar-refractivity contribution in [3.63, 3.8) is 0 Å². The van der Waals surface area contributed by atoms with Crippen LogP contribution in [0.15, 0.2) is 12.7 Å². The van der Waals surface area contributed by atoms with E-state index in [4.69, 9.17) is 9.05 Å². The maximum Gasteiger partial charge on any atom is 0.472 e. The first-order valence-corrected chi connectivity index (χ1v) is 10.0. The maximum atomic E-state index is 11.9. The van der Waals surface area contributed by atoms with Gasteiger partial charge in [0.25, 0.3) is 0 Å². The van der Waals surface area contributed by atoms with Crippen molar-refractivity contribution < 1.29 is 32.9 Å². The molecule has 0 heterocycles. The molecule has 0 aromatic heterocycles. The Balaban J connectivity index is 4.48. The Morgan fingerprint density at radius 1 is 1.32 bits per heavy atom. The fraction of sp³-hybridized carbons (Fsp3) is 0.812.